The van der Waals surface area contributed by atoms with Crippen molar-refractivity contribution in [1.82, 2.24) is 19.4 Å². The molecule has 0 unspecified atom stereocenters. The van der Waals surface area contributed by atoms with Crippen LogP contribution in [-0.4, -0.2) is 42.5 Å². The summed E-state index contributed by atoms with van der Waals surface area (Å²) >= 11 is 1.02. The largest absolute Gasteiger partial charge is 0.481 e. The molecule has 3 aromatic rings. The van der Waals surface area contributed by atoms with Gasteiger partial charge >= 0.3 is 5.97 Å². The lowest BCUT2D eigenvalue weighted by Gasteiger charge is -2.03. The van der Waals surface area contributed by atoms with Gasteiger partial charge in [0.1, 0.15) is 17.5 Å². The first-order valence-corrected chi connectivity index (χ1v) is 8.86. The van der Waals surface area contributed by atoms with Gasteiger partial charge < -0.3 is 14.1 Å². The van der Waals surface area contributed by atoms with Crippen LogP contribution in [0.4, 0.5) is 0 Å². The molecule has 0 bridgehead atoms. The number of aliphatic carboxylic acids is 1. The van der Waals surface area contributed by atoms with Crippen LogP contribution >= 0.6 is 11.8 Å². The maximum Gasteiger partial charge on any atom is 0.313 e. The molecule has 138 valence electrons. The molecule has 10 heteroatoms. The molecule has 27 heavy (non-hydrogen) atoms. The van der Waals surface area contributed by atoms with Crippen molar-refractivity contribution in [3.05, 3.63) is 41.1 Å². The Bertz CT molecular complexity index is 1070. The molecule has 0 saturated carbocycles. The third-order valence-corrected chi connectivity index (χ3v) is 4.94. The number of furan rings is 1. The zero-order valence-corrected chi connectivity index (χ0v) is 15.7. The lowest BCUT2D eigenvalue weighted by atomic mass is 10.2. The summed E-state index contributed by atoms with van der Waals surface area (Å²) in [5.74, 6) is -0.0334. The Kier molecular flexibility index (Phi) is 5.14. The Morgan fingerprint density at radius 2 is 2.26 bits per heavy atom. The SMILES string of the molecule is Cc1occc1-c1nnc(SCC(=O)O)n1/N=C\c1cc(C#N)n(C)c1C. The summed E-state index contributed by atoms with van der Waals surface area (Å²) in [6.45, 7) is 3.68. The van der Waals surface area contributed by atoms with Crippen molar-refractivity contribution in [2.24, 2.45) is 12.1 Å². The minimum atomic E-state index is -0.961. The van der Waals surface area contributed by atoms with Crippen LogP contribution in [0.3, 0.4) is 0 Å². The molecule has 0 amide bonds. The van der Waals surface area contributed by atoms with Crippen molar-refractivity contribution in [3.8, 4) is 17.5 Å². The smallest absolute Gasteiger partial charge is 0.313 e. The third kappa shape index (κ3) is 3.63. The van der Waals surface area contributed by atoms with Gasteiger partial charge in [0.15, 0.2) is 5.82 Å². The number of carboxylic acids is 1. The monoisotopic (exact) mass is 384 g/mol. The zero-order chi connectivity index (χ0) is 19.6. The number of hydrogen-bond acceptors (Lipinski definition) is 7. The molecule has 0 spiro atoms. The fourth-order valence-corrected chi connectivity index (χ4v) is 3.06. The van der Waals surface area contributed by atoms with Crippen LogP contribution in [0.15, 0.2) is 33.1 Å². The number of thioether (sulfide) groups is 1. The van der Waals surface area contributed by atoms with Crippen LogP contribution in [0.2, 0.25) is 0 Å². The van der Waals surface area contributed by atoms with E-state index in [1.54, 1.807) is 36.9 Å². The lowest BCUT2D eigenvalue weighted by Crippen LogP contribution is -2.02. The van der Waals surface area contributed by atoms with E-state index in [2.05, 4.69) is 21.4 Å². The first kappa shape index (κ1) is 18.5. The second-order valence-corrected chi connectivity index (χ2v) is 6.62. The van der Waals surface area contributed by atoms with Gasteiger partial charge in [0.2, 0.25) is 5.16 Å². The van der Waals surface area contributed by atoms with Gasteiger partial charge in [0.05, 0.1) is 23.8 Å². The van der Waals surface area contributed by atoms with Crippen LogP contribution < -0.4 is 0 Å². The number of nitrogens with zero attached hydrogens (tertiary/aromatic N) is 6. The Hall–Kier alpha value is -3.32. The van der Waals surface area contributed by atoms with E-state index in [9.17, 15) is 4.79 Å². The van der Waals surface area contributed by atoms with Gasteiger partial charge in [0, 0.05) is 18.3 Å². The van der Waals surface area contributed by atoms with E-state index in [0.29, 0.717) is 28.0 Å². The number of carbonyl (C=O) groups is 1. The van der Waals surface area contributed by atoms with E-state index in [1.807, 2.05) is 6.92 Å². The highest BCUT2D eigenvalue weighted by Crippen LogP contribution is 2.27. The average Bonchev–Trinajstić information content (AvgIpc) is 3.30. The molecule has 0 aliphatic carbocycles. The molecule has 0 aliphatic rings. The number of nitriles is 1. The first-order chi connectivity index (χ1) is 12.9. The Labute approximate surface area is 158 Å². The maximum absolute atomic E-state index is 10.9. The minimum absolute atomic E-state index is 0.166. The summed E-state index contributed by atoms with van der Waals surface area (Å²) in [7, 11) is 1.80. The van der Waals surface area contributed by atoms with Gasteiger partial charge in [-0.2, -0.15) is 15.0 Å². The Morgan fingerprint density at radius 1 is 1.48 bits per heavy atom. The molecule has 0 saturated heterocycles. The maximum atomic E-state index is 10.9. The zero-order valence-electron chi connectivity index (χ0n) is 14.9. The van der Waals surface area contributed by atoms with Crippen LogP contribution in [0, 0.1) is 25.2 Å². The molecule has 0 fully saturated rings. The molecule has 0 aliphatic heterocycles. The van der Waals surface area contributed by atoms with Gasteiger partial charge in [-0.05, 0) is 26.0 Å². The number of aryl methyl sites for hydroxylation is 1. The molecule has 3 rings (SSSR count). The second kappa shape index (κ2) is 7.51. The molecule has 0 atom stereocenters. The minimum Gasteiger partial charge on any atom is -0.481 e. The molecule has 1 N–H and O–H groups in total. The standard InChI is InChI=1S/C17H16N6O3S/c1-10-12(6-13(7-18)22(10)3)8-19-23-16(14-4-5-26-11(14)2)20-21-17(23)27-9-15(24)25/h4-6,8H,9H2,1-3H3,(H,24,25)/b19-8-. The molecular weight excluding hydrogens is 368 g/mol. The highest BCUT2D eigenvalue weighted by Gasteiger charge is 2.18. The van der Waals surface area contributed by atoms with E-state index in [1.165, 1.54) is 10.9 Å². The van der Waals surface area contributed by atoms with Gasteiger partial charge in [-0.15, -0.1) is 10.2 Å². The second-order valence-electron chi connectivity index (χ2n) is 5.68. The Morgan fingerprint density at radius 3 is 2.85 bits per heavy atom. The highest BCUT2D eigenvalue weighted by molar-refractivity contribution is 7.99. The van der Waals surface area contributed by atoms with Crippen molar-refractivity contribution < 1.29 is 14.3 Å². The summed E-state index contributed by atoms with van der Waals surface area (Å²) in [6.07, 6.45) is 3.14. The van der Waals surface area contributed by atoms with Crippen molar-refractivity contribution in [2.75, 3.05) is 5.75 Å². The predicted octanol–water partition coefficient (Wildman–Crippen LogP) is 2.42. The molecule has 0 aromatic carbocycles. The molecule has 3 heterocycles. The van der Waals surface area contributed by atoms with Gasteiger partial charge in [0.25, 0.3) is 0 Å². The molecule has 0 radical (unpaired) electrons. The first-order valence-electron chi connectivity index (χ1n) is 7.87. The number of hydrogen-bond donors (Lipinski definition) is 1. The molecule has 3 aromatic heterocycles. The van der Waals surface area contributed by atoms with Crippen LogP contribution in [0.1, 0.15) is 22.7 Å². The quantitative estimate of drug-likeness (QED) is 0.511. The van der Waals surface area contributed by atoms with Gasteiger partial charge in [-0.3, -0.25) is 4.79 Å². The van der Waals surface area contributed by atoms with E-state index >= 15 is 0 Å². The fraction of sp³-hybridized carbons (Fsp3) is 0.235. The number of aromatic nitrogens is 4. The van der Waals surface area contributed by atoms with E-state index < -0.39 is 5.97 Å². The van der Waals surface area contributed by atoms with Crippen LogP contribution in [0.25, 0.3) is 11.4 Å². The number of carboxylic acid groups (broad SMARTS) is 1. The molecular formula is C17H16N6O3S. The highest BCUT2D eigenvalue weighted by atomic mass is 32.2. The summed E-state index contributed by atoms with van der Waals surface area (Å²) in [6, 6.07) is 5.60. The fourth-order valence-electron chi connectivity index (χ4n) is 2.45. The van der Waals surface area contributed by atoms with Crippen molar-refractivity contribution in [3.63, 3.8) is 0 Å². The summed E-state index contributed by atoms with van der Waals surface area (Å²) in [5.41, 5.74) is 2.88. The predicted molar refractivity (Wildman–Crippen MR) is 98.7 cm³/mol. The number of rotatable bonds is 6. The van der Waals surface area contributed by atoms with Crippen molar-refractivity contribution >= 4 is 23.9 Å². The normalized spacial score (nSPS) is 11.2. The summed E-state index contributed by atoms with van der Waals surface area (Å²) in [4.78, 5) is 10.9. The van der Waals surface area contributed by atoms with Crippen molar-refractivity contribution in [2.45, 2.75) is 19.0 Å². The van der Waals surface area contributed by atoms with Gasteiger partial charge in [-0.25, -0.2) is 0 Å². The topological polar surface area (TPSA) is 122 Å². The summed E-state index contributed by atoms with van der Waals surface area (Å²) in [5, 5.41) is 31.1. The van der Waals surface area contributed by atoms with Gasteiger partial charge in [-0.1, -0.05) is 11.8 Å². The molecule has 9 nitrogen and oxygen atoms in total. The summed E-state index contributed by atoms with van der Waals surface area (Å²) < 4.78 is 8.57. The average molecular weight is 384 g/mol. The van der Waals surface area contributed by atoms with E-state index in [0.717, 1.165) is 23.0 Å². The lowest BCUT2D eigenvalue weighted by molar-refractivity contribution is -0.133. The third-order valence-electron chi connectivity index (χ3n) is 4.04. The Balaban J connectivity index is 2.04. The van der Waals surface area contributed by atoms with Crippen LogP contribution in [-0.2, 0) is 11.8 Å². The van der Waals surface area contributed by atoms with Crippen molar-refractivity contribution in [1.29, 1.82) is 5.26 Å². The van der Waals surface area contributed by atoms with Crippen LogP contribution in [0.5, 0.6) is 0 Å². The van der Waals surface area contributed by atoms with E-state index in [-0.39, 0.29) is 5.75 Å². The van der Waals surface area contributed by atoms with E-state index in [4.69, 9.17) is 14.8 Å².